The Balaban J connectivity index is 2.22. The summed E-state index contributed by atoms with van der Waals surface area (Å²) in [5.41, 5.74) is 5.21. The second-order valence-corrected chi connectivity index (χ2v) is 3.56. The Bertz CT molecular complexity index is 302. The summed E-state index contributed by atoms with van der Waals surface area (Å²) in [6.07, 6.45) is 4.89. The van der Waals surface area contributed by atoms with Crippen molar-refractivity contribution >= 4 is 5.71 Å². The smallest absolute Gasteiger partial charge is 0.101 e. The monoisotopic (exact) mass is 180 g/mol. The molecule has 1 aliphatic carbocycles. The van der Waals surface area contributed by atoms with Gasteiger partial charge in [-0.15, -0.1) is 0 Å². The van der Waals surface area contributed by atoms with Crippen molar-refractivity contribution in [3.8, 4) is 0 Å². The number of halogens is 1. The molecule has 0 saturated heterocycles. The van der Waals surface area contributed by atoms with Crippen molar-refractivity contribution in [3.63, 3.8) is 0 Å². The summed E-state index contributed by atoms with van der Waals surface area (Å²) >= 11 is 0. The van der Waals surface area contributed by atoms with E-state index >= 15 is 0 Å². The molecular formula is C10H13FN2. The second-order valence-electron chi connectivity index (χ2n) is 3.56. The van der Waals surface area contributed by atoms with Crippen LogP contribution in [0.4, 0.5) is 4.39 Å². The average molecular weight is 180 g/mol. The molecule has 0 aromatic heterocycles. The molecule has 1 atom stereocenters. The van der Waals surface area contributed by atoms with Crippen LogP contribution in [0.1, 0.15) is 19.8 Å². The average Bonchev–Trinajstić information content (AvgIpc) is 2.56. The minimum absolute atomic E-state index is 0.0252. The molecule has 13 heavy (non-hydrogen) atoms. The van der Waals surface area contributed by atoms with Crippen LogP contribution in [0.2, 0.25) is 0 Å². The standard InChI is InChI=1S/C10H13FN2/c1-7-6-8(11)2-3-9(7)10-4-5-12-13-10/h2-3,7,12H,4-6H2,1H3. The number of hydrogen-bond acceptors (Lipinski definition) is 2. The molecule has 1 heterocycles. The molecule has 0 amide bonds. The van der Waals surface area contributed by atoms with Crippen LogP contribution in [0.15, 0.2) is 28.7 Å². The third kappa shape index (κ3) is 1.64. The van der Waals surface area contributed by atoms with E-state index in [2.05, 4.69) is 10.5 Å². The minimum Gasteiger partial charge on any atom is -0.309 e. The molecule has 1 aliphatic heterocycles. The van der Waals surface area contributed by atoms with Crippen LogP contribution in [0, 0.1) is 5.92 Å². The van der Waals surface area contributed by atoms with Crippen LogP contribution >= 0.6 is 0 Å². The van der Waals surface area contributed by atoms with E-state index in [1.165, 1.54) is 5.57 Å². The van der Waals surface area contributed by atoms with E-state index in [-0.39, 0.29) is 11.7 Å². The quantitative estimate of drug-likeness (QED) is 0.657. The van der Waals surface area contributed by atoms with Gasteiger partial charge in [0.25, 0.3) is 0 Å². The minimum atomic E-state index is -0.0252. The van der Waals surface area contributed by atoms with Crippen molar-refractivity contribution in [3.05, 3.63) is 23.6 Å². The summed E-state index contributed by atoms with van der Waals surface area (Å²) in [6.45, 7) is 2.95. The number of hydrogen-bond donors (Lipinski definition) is 1. The maximum Gasteiger partial charge on any atom is 0.101 e. The molecular weight excluding hydrogens is 167 g/mol. The molecule has 2 rings (SSSR count). The number of hydrazone groups is 1. The number of nitrogens with zero attached hydrogens (tertiary/aromatic N) is 1. The summed E-state index contributed by atoms with van der Waals surface area (Å²) in [5.74, 6) is 0.242. The first-order valence-electron chi connectivity index (χ1n) is 4.63. The van der Waals surface area contributed by atoms with Gasteiger partial charge in [-0.1, -0.05) is 13.0 Å². The van der Waals surface area contributed by atoms with E-state index in [9.17, 15) is 4.39 Å². The van der Waals surface area contributed by atoms with Crippen molar-refractivity contribution in [2.45, 2.75) is 19.8 Å². The van der Waals surface area contributed by atoms with Crippen molar-refractivity contribution in [2.75, 3.05) is 6.54 Å². The Kier molecular flexibility index (Phi) is 2.17. The van der Waals surface area contributed by atoms with Crippen molar-refractivity contribution in [1.82, 2.24) is 5.43 Å². The third-order valence-electron chi connectivity index (χ3n) is 2.50. The fourth-order valence-electron chi connectivity index (χ4n) is 1.79. The van der Waals surface area contributed by atoms with Crippen LogP contribution in [-0.2, 0) is 0 Å². The van der Waals surface area contributed by atoms with Crippen LogP contribution in [-0.4, -0.2) is 12.3 Å². The second kappa shape index (κ2) is 3.32. The number of nitrogens with one attached hydrogen (secondary N) is 1. The SMILES string of the molecule is CC1CC(F)=CC=C1C1=NNCC1. The molecule has 0 saturated carbocycles. The lowest BCUT2D eigenvalue weighted by atomic mass is 9.88. The zero-order valence-corrected chi connectivity index (χ0v) is 7.68. The first-order valence-corrected chi connectivity index (χ1v) is 4.63. The van der Waals surface area contributed by atoms with Crippen molar-refractivity contribution in [2.24, 2.45) is 11.0 Å². The van der Waals surface area contributed by atoms with E-state index < -0.39 is 0 Å². The highest BCUT2D eigenvalue weighted by molar-refractivity contribution is 6.01. The lowest BCUT2D eigenvalue weighted by Crippen LogP contribution is -2.11. The normalized spacial score (nSPS) is 27.5. The molecule has 0 aromatic carbocycles. The number of allylic oxidation sites excluding steroid dienone is 4. The van der Waals surface area contributed by atoms with Crippen LogP contribution in [0.5, 0.6) is 0 Å². The van der Waals surface area contributed by atoms with Gasteiger partial charge in [-0.05, 0) is 17.6 Å². The molecule has 0 radical (unpaired) electrons. The van der Waals surface area contributed by atoms with Crippen LogP contribution in [0.3, 0.4) is 0 Å². The molecule has 1 unspecified atom stereocenters. The lowest BCUT2D eigenvalue weighted by Gasteiger charge is -2.17. The Labute approximate surface area is 77.2 Å². The maximum absolute atomic E-state index is 12.9. The van der Waals surface area contributed by atoms with Gasteiger partial charge in [0.05, 0.1) is 5.71 Å². The van der Waals surface area contributed by atoms with Crippen LogP contribution < -0.4 is 5.43 Å². The summed E-state index contributed by atoms with van der Waals surface area (Å²) < 4.78 is 12.9. The van der Waals surface area contributed by atoms with Gasteiger partial charge in [0.1, 0.15) is 5.83 Å². The van der Waals surface area contributed by atoms with E-state index in [0.717, 1.165) is 18.7 Å². The van der Waals surface area contributed by atoms with Gasteiger partial charge in [-0.2, -0.15) is 5.10 Å². The van der Waals surface area contributed by atoms with Gasteiger partial charge in [0, 0.05) is 19.4 Å². The number of rotatable bonds is 1. The topological polar surface area (TPSA) is 24.4 Å². The zero-order valence-electron chi connectivity index (χ0n) is 7.68. The van der Waals surface area contributed by atoms with Gasteiger partial charge in [-0.25, -0.2) is 4.39 Å². The molecule has 3 heteroatoms. The largest absolute Gasteiger partial charge is 0.309 e. The summed E-state index contributed by atoms with van der Waals surface area (Å²) in [5, 5.41) is 4.18. The van der Waals surface area contributed by atoms with Gasteiger partial charge < -0.3 is 5.43 Å². The summed E-state index contributed by atoms with van der Waals surface area (Å²) in [6, 6.07) is 0. The Hall–Kier alpha value is -1.12. The molecule has 1 N–H and O–H groups in total. The Morgan fingerprint density at radius 2 is 2.38 bits per heavy atom. The molecule has 0 bridgehead atoms. The fourth-order valence-corrected chi connectivity index (χ4v) is 1.79. The van der Waals surface area contributed by atoms with Gasteiger partial charge in [0.2, 0.25) is 0 Å². The van der Waals surface area contributed by atoms with E-state index in [1.807, 2.05) is 13.0 Å². The Morgan fingerprint density at radius 1 is 1.54 bits per heavy atom. The molecule has 2 nitrogen and oxygen atoms in total. The molecule has 70 valence electrons. The highest BCUT2D eigenvalue weighted by Gasteiger charge is 2.20. The van der Waals surface area contributed by atoms with Crippen LogP contribution in [0.25, 0.3) is 0 Å². The lowest BCUT2D eigenvalue weighted by molar-refractivity contribution is 0.528. The van der Waals surface area contributed by atoms with Crippen molar-refractivity contribution < 1.29 is 4.39 Å². The fraction of sp³-hybridized carbons (Fsp3) is 0.500. The molecule has 0 aromatic rings. The summed E-state index contributed by atoms with van der Waals surface area (Å²) in [4.78, 5) is 0. The molecule has 0 fully saturated rings. The highest BCUT2D eigenvalue weighted by atomic mass is 19.1. The van der Waals surface area contributed by atoms with Crippen molar-refractivity contribution in [1.29, 1.82) is 0 Å². The highest BCUT2D eigenvalue weighted by Crippen LogP contribution is 2.27. The summed E-state index contributed by atoms with van der Waals surface area (Å²) in [7, 11) is 0. The predicted molar refractivity (Wildman–Crippen MR) is 51.1 cm³/mol. The van der Waals surface area contributed by atoms with Gasteiger partial charge in [-0.3, -0.25) is 0 Å². The van der Waals surface area contributed by atoms with E-state index in [4.69, 9.17) is 0 Å². The first-order chi connectivity index (χ1) is 6.27. The van der Waals surface area contributed by atoms with E-state index in [1.54, 1.807) is 6.08 Å². The molecule has 2 aliphatic rings. The maximum atomic E-state index is 12.9. The predicted octanol–water partition coefficient (Wildman–Crippen LogP) is 2.16. The van der Waals surface area contributed by atoms with Gasteiger partial charge in [0.15, 0.2) is 0 Å². The first kappa shape index (κ1) is 8.48. The van der Waals surface area contributed by atoms with Gasteiger partial charge >= 0.3 is 0 Å². The van der Waals surface area contributed by atoms with E-state index in [0.29, 0.717) is 6.42 Å². The zero-order chi connectivity index (χ0) is 9.26. The molecule has 0 spiro atoms. The third-order valence-corrected chi connectivity index (χ3v) is 2.50. The Morgan fingerprint density at radius 3 is 3.00 bits per heavy atom.